The molecule has 2 aromatic rings. The maximum atomic E-state index is 11.7. The van der Waals surface area contributed by atoms with E-state index >= 15 is 0 Å². The number of carbonyl (C=O) groups is 1. The maximum absolute atomic E-state index is 11.7. The van der Waals surface area contributed by atoms with Crippen molar-refractivity contribution in [2.24, 2.45) is 0 Å². The second kappa shape index (κ2) is 5.69. The van der Waals surface area contributed by atoms with E-state index in [9.17, 15) is 20.1 Å². The van der Waals surface area contributed by atoms with E-state index in [2.05, 4.69) is 15.0 Å². The Morgan fingerprint density at radius 1 is 1.48 bits per heavy atom. The Balaban J connectivity index is 2.20. The van der Waals surface area contributed by atoms with Crippen LogP contribution < -0.4 is 5.73 Å². The average molecular weight is 341 g/mol. The Morgan fingerprint density at radius 2 is 2.22 bits per heavy atom. The number of aromatic nitrogens is 4. The number of aliphatic hydroxyl groups is 3. The SMILES string of the molecule is CC(=O)S[C@@]1(n2cnc3c(N)ncnc32)O[C@H](CO)[C@@H](O)[C@H]1O. The largest absolute Gasteiger partial charge is 0.394 e. The summed E-state index contributed by atoms with van der Waals surface area (Å²) in [5.74, 6) is 0.128. The first-order chi connectivity index (χ1) is 10.9. The molecule has 0 amide bonds. The lowest BCUT2D eigenvalue weighted by Gasteiger charge is -2.31. The standard InChI is InChI=1S/C12H15N5O5S/c1-5(19)23-12(9(21)8(20)6(2-18)22-12)17-4-16-7-10(13)14-3-15-11(7)17/h3-4,6,8-9,18,20-21H,2H2,1H3,(H2,13,14,15)/t6-,8-,9-,12+/m1/s1. The molecular weight excluding hydrogens is 326 g/mol. The molecule has 0 unspecified atom stereocenters. The number of fused-ring (bicyclic) bond motifs is 1. The summed E-state index contributed by atoms with van der Waals surface area (Å²) in [6, 6.07) is 0. The van der Waals surface area contributed by atoms with Crippen molar-refractivity contribution in [3.8, 4) is 0 Å². The van der Waals surface area contributed by atoms with Gasteiger partial charge in [0.25, 0.3) is 0 Å². The van der Waals surface area contributed by atoms with Gasteiger partial charge in [0.15, 0.2) is 16.6 Å². The molecule has 10 nitrogen and oxygen atoms in total. The summed E-state index contributed by atoms with van der Waals surface area (Å²) in [6.45, 7) is 0.770. The first kappa shape index (κ1) is 16.1. The summed E-state index contributed by atoms with van der Waals surface area (Å²) in [6.07, 6.45) is -1.44. The third-order valence-corrected chi connectivity index (χ3v) is 4.68. The predicted molar refractivity (Wildman–Crippen MR) is 80.0 cm³/mol. The molecule has 0 aromatic carbocycles. The number of imidazole rings is 1. The van der Waals surface area contributed by atoms with Crippen molar-refractivity contribution in [3.05, 3.63) is 12.7 Å². The van der Waals surface area contributed by atoms with Crippen LogP contribution in [0, 0.1) is 0 Å². The molecule has 0 bridgehead atoms. The molecule has 23 heavy (non-hydrogen) atoms. The number of rotatable bonds is 3. The molecule has 0 aliphatic carbocycles. The summed E-state index contributed by atoms with van der Waals surface area (Å²) in [7, 11) is 0. The zero-order valence-corrected chi connectivity index (χ0v) is 12.8. The number of nitrogens with two attached hydrogens (primary N) is 1. The molecule has 0 radical (unpaired) electrons. The molecular formula is C12H15N5O5S. The van der Waals surface area contributed by atoms with Gasteiger partial charge in [0.1, 0.15) is 36.5 Å². The van der Waals surface area contributed by atoms with Crippen molar-refractivity contribution in [1.82, 2.24) is 19.5 Å². The van der Waals surface area contributed by atoms with Gasteiger partial charge in [0, 0.05) is 6.92 Å². The summed E-state index contributed by atoms with van der Waals surface area (Å²) in [4.78, 5) is 23.6. The van der Waals surface area contributed by atoms with Crippen LogP contribution in [0.15, 0.2) is 12.7 Å². The molecule has 1 saturated heterocycles. The summed E-state index contributed by atoms with van der Waals surface area (Å²) in [5, 5.41) is 27.8. The number of anilines is 1. The number of thioether (sulfide) groups is 1. The lowest BCUT2D eigenvalue weighted by molar-refractivity contribution is -0.111. The first-order valence-corrected chi connectivity index (χ1v) is 7.50. The number of ether oxygens (including phenoxy) is 1. The van der Waals surface area contributed by atoms with Crippen LogP contribution in [-0.4, -0.2) is 64.9 Å². The highest BCUT2D eigenvalue weighted by Crippen LogP contribution is 2.46. The molecule has 124 valence electrons. The van der Waals surface area contributed by atoms with Gasteiger partial charge in [-0.05, 0) is 11.8 Å². The van der Waals surface area contributed by atoms with E-state index in [-0.39, 0.29) is 22.1 Å². The topological polar surface area (TPSA) is 157 Å². The van der Waals surface area contributed by atoms with Crippen LogP contribution in [0.4, 0.5) is 5.82 Å². The van der Waals surface area contributed by atoms with Crippen LogP contribution in [0.2, 0.25) is 0 Å². The van der Waals surface area contributed by atoms with Crippen LogP contribution in [0.3, 0.4) is 0 Å². The lowest BCUT2D eigenvalue weighted by Crippen LogP contribution is -2.43. The van der Waals surface area contributed by atoms with Gasteiger partial charge in [-0.1, -0.05) is 0 Å². The van der Waals surface area contributed by atoms with Crippen molar-refractivity contribution < 1.29 is 24.9 Å². The minimum Gasteiger partial charge on any atom is -0.394 e. The number of nitrogen functional groups attached to an aromatic ring is 1. The number of nitrogens with zero attached hydrogens (tertiary/aromatic N) is 4. The van der Waals surface area contributed by atoms with E-state index in [1.165, 1.54) is 24.1 Å². The molecule has 2 aromatic heterocycles. The highest BCUT2D eigenvalue weighted by molar-refractivity contribution is 8.14. The minimum absolute atomic E-state index is 0.128. The highest BCUT2D eigenvalue weighted by Gasteiger charge is 2.57. The van der Waals surface area contributed by atoms with E-state index in [1.54, 1.807) is 0 Å². The van der Waals surface area contributed by atoms with Gasteiger partial charge in [-0.2, -0.15) is 0 Å². The van der Waals surface area contributed by atoms with Gasteiger partial charge in [-0.15, -0.1) is 0 Å². The summed E-state index contributed by atoms with van der Waals surface area (Å²) in [5.41, 5.74) is 6.24. The number of hydrogen-bond acceptors (Lipinski definition) is 10. The fourth-order valence-corrected chi connectivity index (χ4v) is 3.62. The highest BCUT2D eigenvalue weighted by atomic mass is 32.2. The van der Waals surface area contributed by atoms with Crippen molar-refractivity contribution in [2.75, 3.05) is 12.3 Å². The molecule has 0 spiro atoms. The number of carbonyl (C=O) groups excluding carboxylic acids is 1. The Labute approximate surface area is 134 Å². The second-order valence-corrected chi connectivity index (χ2v) is 6.41. The van der Waals surface area contributed by atoms with Crippen molar-refractivity contribution in [1.29, 1.82) is 0 Å². The molecule has 4 atom stereocenters. The van der Waals surface area contributed by atoms with E-state index < -0.39 is 30.0 Å². The molecule has 11 heteroatoms. The number of aliphatic hydroxyl groups excluding tert-OH is 3. The van der Waals surface area contributed by atoms with Crippen molar-refractivity contribution >= 4 is 33.9 Å². The van der Waals surface area contributed by atoms with Gasteiger partial charge in [0.05, 0.1) is 6.61 Å². The van der Waals surface area contributed by atoms with Crippen LogP contribution >= 0.6 is 11.8 Å². The zero-order valence-electron chi connectivity index (χ0n) is 12.0. The Hall–Kier alpha value is -1.79. The second-order valence-electron chi connectivity index (χ2n) is 5.04. The van der Waals surface area contributed by atoms with Gasteiger partial charge in [-0.3, -0.25) is 9.36 Å². The first-order valence-electron chi connectivity index (χ1n) is 6.69. The summed E-state index contributed by atoms with van der Waals surface area (Å²) >= 11 is 0.658. The fraction of sp³-hybridized carbons (Fsp3) is 0.500. The third kappa shape index (κ3) is 2.37. The molecule has 3 rings (SSSR count). The third-order valence-electron chi connectivity index (χ3n) is 3.57. The Bertz CT molecular complexity index is 755. The molecule has 1 aliphatic rings. The molecule has 0 saturated carbocycles. The van der Waals surface area contributed by atoms with E-state index in [4.69, 9.17) is 10.5 Å². The Kier molecular flexibility index (Phi) is 3.98. The summed E-state index contributed by atoms with van der Waals surface area (Å²) < 4.78 is 6.96. The fourth-order valence-electron chi connectivity index (χ4n) is 2.54. The van der Waals surface area contributed by atoms with Gasteiger partial charge in [0.2, 0.25) is 5.06 Å². The number of hydrogen-bond donors (Lipinski definition) is 4. The molecule has 5 N–H and O–H groups in total. The average Bonchev–Trinajstić information content (AvgIpc) is 3.04. The van der Waals surface area contributed by atoms with Crippen LogP contribution in [0.1, 0.15) is 6.92 Å². The minimum atomic E-state index is -1.71. The van der Waals surface area contributed by atoms with Gasteiger partial charge >= 0.3 is 0 Å². The van der Waals surface area contributed by atoms with Crippen LogP contribution in [0.25, 0.3) is 11.2 Å². The van der Waals surface area contributed by atoms with E-state index in [0.29, 0.717) is 11.8 Å². The smallest absolute Gasteiger partial charge is 0.233 e. The van der Waals surface area contributed by atoms with Crippen LogP contribution in [-0.2, 0) is 14.6 Å². The quantitative estimate of drug-likeness (QED) is 0.513. The lowest BCUT2D eigenvalue weighted by atomic mass is 10.1. The molecule has 3 heterocycles. The Morgan fingerprint density at radius 3 is 2.83 bits per heavy atom. The zero-order chi connectivity index (χ0) is 16.8. The van der Waals surface area contributed by atoms with Crippen LogP contribution in [0.5, 0.6) is 0 Å². The van der Waals surface area contributed by atoms with Gasteiger partial charge < -0.3 is 25.8 Å². The molecule has 1 fully saturated rings. The van der Waals surface area contributed by atoms with E-state index in [0.717, 1.165) is 0 Å². The maximum Gasteiger partial charge on any atom is 0.233 e. The monoisotopic (exact) mass is 341 g/mol. The predicted octanol–water partition coefficient (Wildman–Crippen LogP) is -1.59. The van der Waals surface area contributed by atoms with Gasteiger partial charge in [-0.25, -0.2) is 15.0 Å². The van der Waals surface area contributed by atoms with E-state index in [1.807, 2.05) is 0 Å². The molecule has 1 aliphatic heterocycles. The van der Waals surface area contributed by atoms with Crippen molar-refractivity contribution in [3.63, 3.8) is 0 Å². The van der Waals surface area contributed by atoms with Crippen molar-refractivity contribution in [2.45, 2.75) is 30.3 Å². The normalized spacial score (nSPS) is 30.9.